The van der Waals surface area contributed by atoms with Crippen molar-refractivity contribution in [2.75, 3.05) is 45.9 Å². The number of guanidine groups is 1. The molecule has 0 spiro atoms. The number of aliphatic hydroxyl groups excluding tert-OH is 1. The van der Waals surface area contributed by atoms with Crippen LogP contribution in [0, 0.1) is 11.8 Å². The molecular formula is C19H40N4O. The lowest BCUT2D eigenvalue weighted by Gasteiger charge is -2.27. The molecule has 1 fully saturated rings. The third kappa shape index (κ3) is 6.98. The number of nitrogens with zero attached hydrogens (tertiary/aromatic N) is 3. The number of hydrogen-bond donors (Lipinski definition) is 2. The minimum absolute atomic E-state index is 0.261. The van der Waals surface area contributed by atoms with Crippen molar-refractivity contribution >= 4 is 5.96 Å². The average Bonchev–Trinajstić information content (AvgIpc) is 3.02. The molecule has 2 atom stereocenters. The van der Waals surface area contributed by atoms with Gasteiger partial charge in [-0.05, 0) is 51.1 Å². The van der Waals surface area contributed by atoms with Crippen molar-refractivity contribution in [3.8, 4) is 0 Å². The third-order valence-electron chi connectivity index (χ3n) is 4.97. The SMILES string of the molecule is CCNC(=NCC(CCO)CC(C)C)N1CCC(N(CC)CC)C1. The van der Waals surface area contributed by atoms with Crippen molar-refractivity contribution in [2.45, 2.75) is 59.9 Å². The van der Waals surface area contributed by atoms with E-state index < -0.39 is 0 Å². The van der Waals surface area contributed by atoms with Crippen molar-refractivity contribution in [1.29, 1.82) is 0 Å². The maximum absolute atomic E-state index is 9.30. The van der Waals surface area contributed by atoms with Gasteiger partial charge in [0.15, 0.2) is 5.96 Å². The van der Waals surface area contributed by atoms with Crippen LogP contribution < -0.4 is 5.32 Å². The molecule has 5 nitrogen and oxygen atoms in total. The van der Waals surface area contributed by atoms with E-state index >= 15 is 0 Å². The summed E-state index contributed by atoms with van der Waals surface area (Å²) in [4.78, 5) is 9.88. The second-order valence-electron chi connectivity index (χ2n) is 7.31. The number of nitrogens with one attached hydrogen (secondary N) is 1. The minimum atomic E-state index is 0.261. The Hall–Kier alpha value is -0.810. The lowest BCUT2D eigenvalue weighted by molar-refractivity contribution is 0.223. The van der Waals surface area contributed by atoms with Gasteiger partial charge in [-0.15, -0.1) is 0 Å². The van der Waals surface area contributed by atoms with Crippen LogP contribution in [0.3, 0.4) is 0 Å². The summed E-state index contributed by atoms with van der Waals surface area (Å²) in [6.45, 7) is 17.5. The normalized spacial score (nSPS) is 20.2. The summed E-state index contributed by atoms with van der Waals surface area (Å²) < 4.78 is 0. The van der Waals surface area contributed by atoms with Gasteiger partial charge in [-0.25, -0.2) is 0 Å². The van der Waals surface area contributed by atoms with Gasteiger partial charge in [-0.3, -0.25) is 9.89 Å². The van der Waals surface area contributed by atoms with Crippen molar-refractivity contribution in [3.05, 3.63) is 0 Å². The van der Waals surface area contributed by atoms with E-state index in [1.165, 1.54) is 6.42 Å². The molecule has 1 aliphatic rings. The third-order valence-corrected chi connectivity index (χ3v) is 4.97. The molecule has 24 heavy (non-hydrogen) atoms. The number of hydrogen-bond acceptors (Lipinski definition) is 3. The first-order chi connectivity index (χ1) is 11.5. The number of aliphatic imine (C=N–C) groups is 1. The highest BCUT2D eigenvalue weighted by molar-refractivity contribution is 5.80. The smallest absolute Gasteiger partial charge is 0.193 e. The van der Waals surface area contributed by atoms with Gasteiger partial charge in [-0.2, -0.15) is 0 Å². The van der Waals surface area contributed by atoms with Crippen LogP contribution in [-0.4, -0.2) is 72.8 Å². The molecule has 2 unspecified atom stereocenters. The Labute approximate surface area is 149 Å². The van der Waals surface area contributed by atoms with Crippen molar-refractivity contribution < 1.29 is 5.11 Å². The fourth-order valence-electron chi connectivity index (χ4n) is 3.75. The molecule has 1 saturated heterocycles. The predicted octanol–water partition coefficient (Wildman–Crippen LogP) is 2.41. The first-order valence-electron chi connectivity index (χ1n) is 9.93. The number of aliphatic hydroxyl groups is 1. The van der Waals surface area contributed by atoms with E-state index in [-0.39, 0.29) is 6.61 Å². The first kappa shape index (κ1) is 21.2. The van der Waals surface area contributed by atoms with E-state index in [1.54, 1.807) is 0 Å². The average molecular weight is 341 g/mol. The monoisotopic (exact) mass is 340 g/mol. The molecule has 0 aromatic carbocycles. The Bertz CT molecular complexity index is 355. The predicted molar refractivity (Wildman–Crippen MR) is 104 cm³/mol. The molecule has 2 N–H and O–H groups in total. The summed E-state index contributed by atoms with van der Waals surface area (Å²) in [6.07, 6.45) is 3.20. The molecule has 1 rings (SSSR count). The lowest BCUT2D eigenvalue weighted by atomic mass is 9.94. The van der Waals surface area contributed by atoms with Crippen LogP contribution in [-0.2, 0) is 0 Å². The summed E-state index contributed by atoms with van der Waals surface area (Å²) >= 11 is 0. The molecule has 0 radical (unpaired) electrons. The molecule has 0 saturated carbocycles. The Balaban J connectivity index is 2.68. The van der Waals surface area contributed by atoms with Gasteiger partial charge in [0, 0.05) is 38.8 Å². The highest BCUT2D eigenvalue weighted by Gasteiger charge is 2.28. The van der Waals surface area contributed by atoms with Crippen LogP contribution in [0.5, 0.6) is 0 Å². The van der Waals surface area contributed by atoms with Crippen LogP contribution in [0.25, 0.3) is 0 Å². The van der Waals surface area contributed by atoms with Gasteiger partial charge in [0.25, 0.3) is 0 Å². The molecule has 1 aliphatic heterocycles. The first-order valence-corrected chi connectivity index (χ1v) is 9.93. The summed E-state index contributed by atoms with van der Waals surface area (Å²) in [6, 6.07) is 0.646. The van der Waals surface area contributed by atoms with Crippen LogP contribution in [0.2, 0.25) is 0 Å². The van der Waals surface area contributed by atoms with Crippen molar-refractivity contribution in [3.63, 3.8) is 0 Å². The quantitative estimate of drug-likeness (QED) is 0.474. The molecule has 0 bridgehead atoms. The van der Waals surface area contributed by atoms with Gasteiger partial charge in [0.05, 0.1) is 0 Å². The number of likely N-dealkylation sites (tertiary alicyclic amines) is 1. The number of rotatable bonds is 10. The second kappa shape index (κ2) is 11.7. The van der Waals surface area contributed by atoms with Gasteiger partial charge >= 0.3 is 0 Å². The molecular weight excluding hydrogens is 300 g/mol. The Kier molecular flexibility index (Phi) is 10.3. The largest absolute Gasteiger partial charge is 0.396 e. The van der Waals surface area contributed by atoms with E-state index in [2.05, 4.69) is 49.7 Å². The van der Waals surface area contributed by atoms with Gasteiger partial charge < -0.3 is 15.3 Å². The zero-order valence-electron chi connectivity index (χ0n) is 16.6. The molecule has 5 heteroatoms. The number of likely N-dealkylation sites (N-methyl/N-ethyl adjacent to an activating group) is 1. The Morgan fingerprint density at radius 3 is 2.54 bits per heavy atom. The highest BCUT2D eigenvalue weighted by Crippen LogP contribution is 2.18. The zero-order valence-corrected chi connectivity index (χ0v) is 16.6. The van der Waals surface area contributed by atoms with Crippen molar-refractivity contribution in [2.24, 2.45) is 16.8 Å². The van der Waals surface area contributed by atoms with E-state index in [9.17, 15) is 5.11 Å². The van der Waals surface area contributed by atoms with E-state index in [1.807, 2.05) is 0 Å². The van der Waals surface area contributed by atoms with Crippen molar-refractivity contribution in [1.82, 2.24) is 15.1 Å². The minimum Gasteiger partial charge on any atom is -0.396 e. The van der Waals surface area contributed by atoms with Crippen LogP contribution >= 0.6 is 0 Å². The fourth-order valence-corrected chi connectivity index (χ4v) is 3.75. The standard InChI is InChI=1S/C19H40N4O/c1-6-20-19(21-14-17(10-12-24)13-16(4)5)23-11-9-18(15-23)22(7-2)8-3/h16-18,24H,6-15H2,1-5H3,(H,20,21). The summed E-state index contributed by atoms with van der Waals surface area (Å²) in [7, 11) is 0. The summed E-state index contributed by atoms with van der Waals surface area (Å²) in [5.74, 6) is 2.18. The summed E-state index contributed by atoms with van der Waals surface area (Å²) in [5.41, 5.74) is 0. The molecule has 142 valence electrons. The Morgan fingerprint density at radius 1 is 1.29 bits per heavy atom. The Morgan fingerprint density at radius 2 is 2.00 bits per heavy atom. The fraction of sp³-hybridized carbons (Fsp3) is 0.947. The van der Waals surface area contributed by atoms with E-state index in [0.29, 0.717) is 17.9 Å². The van der Waals surface area contributed by atoms with E-state index in [0.717, 1.165) is 58.1 Å². The molecule has 0 aromatic heterocycles. The highest BCUT2D eigenvalue weighted by atomic mass is 16.3. The molecule has 1 heterocycles. The van der Waals surface area contributed by atoms with Gasteiger partial charge in [-0.1, -0.05) is 27.7 Å². The molecule has 0 aromatic rings. The second-order valence-corrected chi connectivity index (χ2v) is 7.31. The topological polar surface area (TPSA) is 51.1 Å². The maximum Gasteiger partial charge on any atom is 0.193 e. The maximum atomic E-state index is 9.30. The summed E-state index contributed by atoms with van der Waals surface area (Å²) in [5, 5.41) is 12.8. The molecule has 0 aliphatic carbocycles. The van der Waals surface area contributed by atoms with Crippen LogP contribution in [0.4, 0.5) is 0 Å². The van der Waals surface area contributed by atoms with Crippen LogP contribution in [0.15, 0.2) is 4.99 Å². The molecule has 0 amide bonds. The van der Waals surface area contributed by atoms with E-state index in [4.69, 9.17) is 4.99 Å². The van der Waals surface area contributed by atoms with Gasteiger partial charge in [0.2, 0.25) is 0 Å². The van der Waals surface area contributed by atoms with Gasteiger partial charge in [0.1, 0.15) is 0 Å². The zero-order chi connectivity index (χ0) is 17.9. The van der Waals surface area contributed by atoms with Crippen LogP contribution in [0.1, 0.15) is 53.9 Å². The lowest BCUT2D eigenvalue weighted by Crippen LogP contribution is -2.43.